The maximum atomic E-state index is 12.7. The number of nitrogens with one attached hydrogen (secondary N) is 2. The number of amides is 4. The Morgan fingerprint density at radius 3 is 2.64 bits per heavy atom. The van der Waals surface area contributed by atoms with Crippen LogP contribution < -0.4 is 10.6 Å². The van der Waals surface area contributed by atoms with Crippen LogP contribution in [0.25, 0.3) is 0 Å². The number of nitrogens with zero attached hydrogens (tertiary/aromatic N) is 1. The Labute approximate surface area is 163 Å². The maximum Gasteiger partial charge on any atom is 0.255 e. The molecule has 1 atom stereocenters. The van der Waals surface area contributed by atoms with Gasteiger partial charge < -0.3 is 10.2 Å². The van der Waals surface area contributed by atoms with Gasteiger partial charge in [0.15, 0.2) is 0 Å². The first-order chi connectivity index (χ1) is 13.5. The molecule has 2 fully saturated rings. The van der Waals surface area contributed by atoms with Crippen LogP contribution in [-0.4, -0.2) is 34.6 Å². The number of piperidine rings is 1. The number of rotatable bonds is 4. The summed E-state index contributed by atoms with van der Waals surface area (Å²) in [6.45, 7) is 0.792. The van der Waals surface area contributed by atoms with Crippen molar-refractivity contribution in [1.82, 2.24) is 15.5 Å². The van der Waals surface area contributed by atoms with Crippen LogP contribution in [0.5, 0.6) is 0 Å². The second-order valence-electron chi connectivity index (χ2n) is 7.94. The second-order valence-corrected chi connectivity index (χ2v) is 7.94. The Bertz CT molecular complexity index is 829. The van der Waals surface area contributed by atoms with Crippen molar-refractivity contribution in [1.29, 1.82) is 0 Å². The van der Waals surface area contributed by atoms with Gasteiger partial charge in [-0.2, -0.15) is 0 Å². The Morgan fingerprint density at radius 2 is 1.89 bits per heavy atom. The van der Waals surface area contributed by atoms with Gasteiger partial charge in [0.1, 0.15) is 6.04 Å². The number of imide groups is 1. The molecule has 2 heterocycles. The van der Waals surface area contributed by atoms with Crippen molar-refractivity contribution in [2.24, 2.45) is 5.92 Å². The molecule has 0 spiro atoms. The quantitative estimate of drug-likeness (QED) is 0.773. The number of fused-ring (bicyclic) bond motifs is 1. The minimum Gasteiger partial charge on any atom is -0.352 e. The van der Waals surface area contributed by atoms with Crippen molar-refractivity contribution in [2.75, 3.05) is 0 Å². The average Bonchev–Trinajstić information content (AvgIpc) is 3.02. The molecule has 2 N–H and O–H groups in total. The zero-order valence-corrected chi connectivity index (χ0v) is 15.8. The van der Waals surface area contributed by atoms with E-state index >= 15 is 0 Å². The van der Waals surface area contributed by atoms with Crippen LogP contribution in [0.15, 0.2) is 18.2 Å². The lowest BCUT2D eigenvalue weighted by Gasteiger charge is -2.29. The summed E-state index contributed by atoms with van der Waals surface area (Å²) in [7, 11) is 0. The molecule has 7 nitrogen and oxygen atoms in total. The minimum atomic E-state index is -0.605. The van der Waals surface area contributed by atoms with Gasteiger partial charge in [0, 0.05) is 31.0 Å². The molecule has 1 saturated heterocycles. The van der Waals surface area contributed by atoms with Gasteiger partial charge in [-0.15, -0.1) is 0 Å². The highest BCUT2D eigenvalue weighted by Gasteiger charge is 2.39. The molecule has 3 aliphatic rings. The van der Waals surface area contributed by atoms with Crippen LogP contribution >= 0.6 is 0 Å². The first-order valence-corrected chi connectivity index (χ1v) is 10.1. The summed E-state index contributed by atoms with van der Waals surface area (Å²) in [5.74, 6) is -0.643. The topological polar surface area (TPSA) is 95.6 Å². The molecular weight excluding hydrogens is 358 g/mol. The van der Waals surface area contributed by atoms with E-state index < -0.39 is 11.9 Å². The van der Waals surface area contributed by atoms with E-state index in [1.54, 1.807) is 6.07 Å². The van der Waals surface area contributed by atoms with Gasteiger partial charge in [-0.3, -0.25) is 24.5 Å². The molecule has 1 aliphatic carbocycles. The number of carbonyl (C=O) groups excluding carboxylic acids is 4. The van der Waals surface area contributed by atoms with Crippen LogP contribution in [0.4, 0.5) is 0 Å². The highest BCUT2D eigenvalue weighted by molar-refractivity contribution is 6.05. The molecule has 0 radical (unpaired) electrons. The first-order valence-electron chi connectivity index (χ1n) is 10.1. The van der Waals surface area contributed by atoms with E-state index in [2.05, 4.69) is 10.6 Å². The zero-order chi connectivity index (χ0) is 19.7. The van der Waals surface area contributed by atoms with E-state index in [1.807, 2.05) is 12.1 Å². The third-order valence-corrected chi connectivity index (χ3v) is 6.03. The van der Waals surface area contributed by atoms with E-state index in [9.17, 15) is 19.2 Å². The van der Waals surface area contributed by atoms with Crippen molar-refractivity contribution in [2.45, 2.75) is 64.1 Å². The normalized spacial score (nSPS) is 22.8. The molecule has 7 heteroatoms. The summed E-state index contributed by atoms with van der Waals surface area (Å²) in [4.78, 5) is 50.0. The number of hydrogen-bond donors (Lipinski definition) is 2. The third kappa shape index (κ3) is 3.66. The van der Waals surface area contributed by atoms with Crippen molar-refractivity contribution < 1.29 is 19.2 Å². The van der Waals surface area contributed by atoms with E-state index in [4.69, 9.17) is 0 Å². The highest BCUT2D eigenvalue weighted by atomic mass is 16.2. The molecule has 2 aliphatic heterocycles. The molecule has 148 valence electrons. The summed E-state index contributed by atoms with van der Waals surface area (Å²) < 4.78 is 0. The average molecular weight is 383 g/mol. The number of hydrogen-bond acceptors (Lipinski definition) is 4. The molecule has 4 rings (SSSR count). The molecule has 1 aromatic rings. The van der Waals surface area contributed by atoms with Crippen molar-refractivity contribution in [3.63, 3.8) is 0 Å². The smallest absolute Gasteiger partial charge is 0.255 e. The molecule has 28 heavy (non-hydrogen) atoms. The predicted octanol–water partition coefficient (Wildman–Crippen LogP) is 1.64. The number of carbonyl (C=O) groups is 4. The van der Waals surface area contributed by atoms with E-state index in [1.165, 1.54) is 11.3 Å². The summed E-state index contributed by atoms with van der Waals surface area (Å²) in [6.07, 6.45) is 5.98. The Kier molecular flexibility index (Phi) is 5.15. The van der Waals surface area contributed by atoms with Crippen LogP contribution in [0.2, 0.25) is 0 Å². The van der Waals surface area contributed by atoms with Gasteiger partial charge in [0.05, 0.1) is 0 Å². The lowest BCUT2D eigenvalue weighted by atomic mass is 9.88. The minimum absolute atomic E-state index is 0.112. The van der Waals surface area contributed by atoms with Crippen molar-refractivity contribution >= 4 is 23.6 Å². The van der Waals surface area contributed by atoms with Crippen LogP contribution in [0.3, 0.4) is 0 Å². The van der Waals surface area contributed by atoms with Gasteiger partial charge >= 0.3 is 0 Å². The van der Waals surface area contributed by atoms with E-state index in [-0.39, 0.29) is 30.1 Å². The fraction of sp³-hybridized carbons (Fsp3) is 0.524. The summed E-state index contributed by atoms with van der Waals surface area (Å²) in [6, 6.07) is 4.95. The highest BCUT2D eigenvalue weighted by Crippen LogP contribution is 2.28. The third-order valence-electron chi connectivity index (χ3n) is 6.03. The molecule has 1 unspecified atom stereocenters. The molecule has 4 amide bonds. The Balaban J connectivity index is 1.40. The van der Waals surface area contributed by atoms with Gasteiger partial charge in [-0.25, -0.2) is 0 Å². The Hall–Kier alpha value is -2.70. The van der Waals surface area contributed by atoms with Crippen LogP contribution in [0, 0.1) is 5.92 Å². The van der Waals surface area contributed by atoms with Gasteiger partial charge in [-0.05, 0) is 36.5 Å². The van der Waals surface area contributed by atoms with Crippen LogP contribution in [0.1, 0.15) is 66.4 Å². The summed E-state index contributed by atoms with van der Waals surface area (Å²) >= 11 is 0. The van der Waals surface area contributed by atoms with Crippen molar-refractivity contribution in [3.8, 4) is 0 Å². The lowest BCUT2D eigenvalue weighted by Crippen LogP contribution is -2.52. The monoisotopic (exact) mass is 383 g/mol. The zero-order valence-electron chi connectivity index (χ0n) is 15.8. The van der Waals surface area contributed by atoms with Gasteiger partial charge in [0.25, 0.3) is 5.91 Å². The molecule has 0 bridgehead atoms. The summed E-state index contributed by atoms with van der Waals surface area (Å²) in [5, 5.41) is 5.33. The fourth-order valence-electron chi connectivity index (χ4n) is 4.44. The second kappa shape index (κ2) is 7.73. The van der Waals surface area contributed by atoms with Gasteiger partial charge in [0.2, 0.25) is 17.7 Å². The van der Waals surface area contributed by atoms with E-state index in [0.29, 0.717) is 25.1 Å². The standard InChI is InChI=1S/C21H25N3O4/c25-18-9-8-17(20(27)23-18)24-12-15-10-13(6-7-16(15)21(24)28)11-22-19(26)14-4-2-1-3-5-14/h6-7,10,14,17H,1-5,8-9,11-12H2,(H,22,26)(H,23,25,27). The SMILES string of the molecule is O=C1CCC(N2Cc3cc(CNC(=O)C4CCCCC4)ccc3C2=O)C(=O)N1. The largest absolute Gasteiger partial charge is 0.352 e. The van der Waals surface area contributed by atoms with Gasteiger partial charge in [-0.1, -0.05) is 31.4 Å². The maximum absolute atomic E-state index is 12.7. The Morgan fingerprint density at radius 1 is 1.11 bits per heavy atom. The summed E-state index contributed by atoms with van der Waals surface area (Å²) in [5.41, 5.74) is 2.40. The molecule has 1 saturated carbocycles. The predicted molar refractivity (Wildman–Crippen MR) is 101 cm³/mol. The number of benzene rings is 1. The first kappa shape index (κ1) is 18.7. The molecular formula is C21H25N3O4. The van der Waals surface area contributed by atoms with Crippen LogP contribution in [-0.2, 0) is 27.5 Å². The fourth-order valence-corrected chi connectivity index (χ4v) is 4.44. The molecule has 0 aromatic heterocycles. The lowest BCUT2D eigenvalue weighted by molar-refractivity contribution is -0.137. The molecule has 1 aromatic carbocycles. The van der Waals surface area contributed by atoms with E-state index in [0.717, 1.165) is 36.8 Å². The van der Waals surface area contributed by atoms with Crippen molar-refractivity contribution in [3.05, 3.63) is 34.9 Å².